The molecule has 0 unspecified atom stereocenters. The summed E-state index contributed by atoms with van der Waals surface area (Å²) in [5, 5.41) is 0. The third-order valence-electron chi connectivity index (χ3n) is 5.05. The highest BCUT2D eigenvalue weighted by molar-refractivity contribution is 5.80. The second kappa shape index (κ2) is 6.17. The van der Waals surface area contributed by atoms with Gasteiger partial charge in [-0.2, -0.15) is 0 Å². The molecule has 2 aliphatic rings. The van der Waals surface area contributed by atoms with Crippen LogP contribution >= 0.6 is 0 Å². The van der Waals surface area contributed by atoms with E-state index in [1.807, 2.05) is 12.1 Å². The fraction of sp³-hybridized carbons (Fsp3) is 0.350. The second-order valence-electron chi connectivity index (χ2n) is 6.61. The second-order valence-corrected chi connectivity index (χ2v) is 6.61. The molecular weight excluding hydrogens is 284 g/mol. The predicted molar refractivity (Wildman–Crippen MR) is 90.8 cm³/mol. The summed E-state index contributed by atoms with van der Waals surface area (Å²) in [7, 11) is 0. The maximum absolute atomic E-state index is 12.7. The number of benzene rings is 2. The van der Waals surface area contributed by atoms with E-state index in [9.17, 15) is 4.79 Å². The highest BCUT2D eigenvalue weighted by Crippen LogP contribution is 2.38. The summed E-state index contributed by atoms with van der Waals surface area (Å²) in [6.07, 6.45) is 2.19. The lowest BCUT2D eigenvalue weighted by Gasteiger charge is -2.40. The van der Waals surface area contributed by atoms with Crippen LogP contribution in [-0.4, -0.2) is 34.8 Å². The molecule has 0 saturated carbocycles. The Hall–Kier alpha value is -2.13. The lowest BCUT2D eigenvalue weighted by Crippen LogP contribution is -2.53. The monoisotopic (exact) mass is 306 g/mol. The van der Waals surface area contributed by atoms with Crippen molar-refractivity contribution in [2.45, 2.75) is 31.5 Å². The Morgan fingerprint density at radius 1 is 0.913 bits per heavy atom. The van der Waals surface area contributed by atoms with Gasteiger partial charge in [-0.25, -0.2) is 0 Å². The van der Waals surface area contributed by atoms with Gasteiger partial charge in [-0.15, -0.1) is 0 Å². The molecule has 2 fully saturated rings. The van der Waals surface area contributed by atoms with Crippen molar-refractivity contribution in [1.29, 1.82) is 0 Å². The molecule has 0 aromatic heterocycles. The van der Waals surface area contributed by atoms with Crippen molar-refractivity contribution in [2.24, 2.45) is 0 Å². The molecule has 0 radical (unpaired) electrons. The number of fused-ring (bicyclic) bond motifs is 1. The van der Waals surface area contributed by atoms with E-state index in [2.05, 4.69) is 58.3 Å². The molecule has 2 aliphatic heterocycles. The van der Waals surface area contributed by atoms with Crippen LogP contribution < -0.4 is 0 Å². The molecule has 2 saturated heterocycles. The van der Waals surface area contributed by atoms with E-state index in [0.717, 1.165) is 25.9 Å². The van der Waals surface area contributed by atoms with E-state index in [-0.39, 0.29) is 11.9 Å². The Labute approximate surface area is 137 Å². The minimum Gasteiger partial charge on any atom is -0.330 e. The molecule has 118 valence electrons. The van der Waals surface area contributed by atoms with Crippen LogP contribution in [0.25, 0.3) is 0 Å². The van der Waals surface area contributed by atoms with Gasteiger partial charge in [0.25, 0.3) is 0 Å². The van der Waals surface area contributed by atoms with Gasteiger partial charge in [0.15, 0.2) is 0 Å². The van der Waals surface area contributed by atoms with Gasteiger partial charge in [-0.05, 0) is 24.0 Å². The zero-order valence-corrected chi connectivity index (χ0v) is 13.3. The molecule has 2 atom stereocenters. The molecule has 0 bridgehead atoms. The van der Waals surface area contributed by atoms with Crippen LogP contribution in [-0.2, 0) is 11.3 Å². The summed E-state index contributed by atoms with van der Waals surface area (Å²) in [4.78, 5) is 17.2. The van der Waals surface area contributed by atoms with Crippen molar-refractivity contribution in [3.63, 3.8) is 0 Å². The molecule has 0 spiro atoms. The van der Waals surface area contributed by atoms with E-state index < -0.39 is 0 Å². The Morgan fingerprint density at radius 3 is 2.35 bits per heavy atom. The van der Waals surface area contributed by atoms with Crippen molar-refractivity contribution < 1.29 is 4.79 Å². The van der Waals surface area contributed by atoms with E-state index in [1.54, 1.807) is 0 Å². The average molecular weight is 306 g/mol. The minimum absolute atomic E-state index is 0.271. The number of carbonyl (C=O) groups excluding carboxylic acids is 1. The fourth-order valence-electron chi connectivity index (χ4n) is 4.04. The standard InChI is InChI=1S/C20H22N2O/c23-20-15-21(13-16-7-3-1-4-8-16)14-18-11-12-19(22(18)20)17-9-5-2-6-10-17/h1-10,18-19H,11-15H2/t18-,19+/m0/s1. The number of nitrogens with zero attached hydrogens (tertiary/aromatic N) is 2. The number of piperazine rings is 1. The summed E-state index contributed by atoms with van der Waals surface area (Å²) >= 11 is 0. The number of rotatable bonds is 3. The maximum atomic E-state index is 12.7. The minimum atomic E-state index is 0.271. The number of hydrogen-bond donors (Lipinski definition) is 0. The molecule has 3 nitrogen and oxygen atoms in total. The molecule has 4 rings (SSSR count). The zero-order chi connectivity index (χ0) is 15.6. The molecular formula is C20H22N2O. The zero-order valence-electron chi connectivity index (χ0n) is 13.3. The van der Waals surface area contributed by atoms with Gasteiger partial charge >= 0.3 is 0 Å². The van der Waals surface area contributed by atoms with Crippen LogP contribution in [0.3, 0.4) is 0 Å². The number of amides is 1. The molecule has 23 heavy (non-hydrogen) atoms. The Morgan fingerprint density at radius 2 is 1.61 bits per heavy atom. The lowest BCUT2D eigenvalue weighted by atomic mass is 10.0. The van der Waals surface area contributed by atoms with Crippen molar-refractivity contribution in [3.8, 4) is 0 Å². The van der Waals surface area contributed by atoms with Gasteiger partial charge in [0.1, 0.15) is 0 Å². The smallest absolute Gasteiger partial charge is 0.237 e. The molecule has 0 N–H and O–H groups in total. The van der Waals surface area contributed by atoms with Crippen molar-refractivity contribution >= 4 is 5.91 Å². The van der Waals surface area contributed by atoms with Crippen LogP contribution in [0.15, 0.2) is 60.7 Å². The first-order valence-corrected chi connectivity index (χ1v) is 8.43. The normalized spacial score (nSPS) is 24.7. The molecule has 3 heteroatoms. The number of hydrogen-bond acceptors (Lipinski definition) is 2. The Bertz CT molecular complexity index is 671. The van der Waals surface area contributed by atoms with Crippen molar-refractivity contribution in [3.05, 3.63) is 71.8 Å². The first-order chi connectivity index (χ1) is 11.3. The largest absolute Gasteiger partial charge is 0.330 e. The van der Waals surface area contributed by atoms with Crippen LogP contribution in [0.5, 0.6) is 0 Å². The average Bonchev–Trinajstić information content (AvgIpc) is 3.01. The summed E-state index contributed by atoms with van der Waals surface area (Å²) in [6, 6.07) is 21.5. The van der Waals surface area contributed by atoms with E-state index in [0.29, 0.717) is 12.6 Å². The predicted octanol–water partition coefficient (Wildman–Crippen LogP) is 3.23. The Balaban J connectivity index is 1.48. The highest BCUT2D eigenvalue weighted by Gasteiger charge is 2.41. The van der Waals surface area contributed by atoms with E-state index in [4.69, 9.17) is 0 Å². The SMILES string of the molecule is O=C1CN(Cc2ccccc2)C[C@@H]2CC[C@H](c3ccccc3)N12. The summed E-state index contributed by atoms with van der Waals surface area (Å²) in [6.45, 7) is 2.39. The third-order valence-corrected chi connectivity index (χ3v) is 5.05. The summed E-state index contributed by atoms with van der Waals surface area (Å²) in [5.74, 6) is 0.281. The topological polar surface area (TPSA) is 23.6 Å². The molecule has 0 aliphatic carbocycles. The van der Waals surface area contributed by atoms with Crippen LogP contribution in [0.1, 0.15) is 30.0 Å². The quantitative estimate of drug-likeness (QED) is 0.869. The first-order valence-electron chi connectivity index (χ1n) is 8.43. The number of carbonyl (C=O) groups is 1. The molecule has 2 aromatic rings. The van der Waals surface area contributed by atoms with Crippen LogP contribution in [0.4, 0.5) is 0 Å². The van der Waals surface area contributed by atoms with Gasteiger partial charge in [0, 0.05) is 19.1 Å². The van der Waals surface area contributed by atoms with Crippen molar-refractivity contribution in [2.75, 3.05) is 13.1 Å². The summed E-state index contributed by atoms with van der Waals surface area (Å²) in [5.41, 5.74) is 2.56. The van der Waals surface area contributed by atoms with Gasteiger partial charge in [-0.3, -0.25) is 9.69 Å². The molecule has 1 amide bonds. The van der Waals surface area contributed by atoms with Gasteiger partial charge in [0.05, 0.1) is 12.6 Å². The van der Waals surface area contributed by atoms with Crippen molar-refractivity contribution in [1.82, 2.24) is 9.80 Å². The highest BCUT2D eigenvalue weighted by atomic mass is 16.2. The first kappa shape index (κ1) is 14.5. The van der Waals surface area contributed by atoms with Crippen LogP contribution in [0, 0.1) is 0 Å². The molecule has 2 heterocycles. The molecule has 2 aromatic carbocycles. The summed E-state index contributed by atoms with van der Waals surface area (Å²) < 4.78 is 0. The van der Waals surface area contributed by atoms with Gasteiger partial charge < -0.3 is 4.90 Å². The van der Waals surface area contributed by atoms with Gasteiger partial charge in [-0.1, -0.05) is 60.7 Å². The van der Waals surface area contributed by atoms with Crippen LogP contribution in [0.2, 0.25) is 0 Å². The third kappa shape index (κ3) is 2.89. The fourth-order valence-corrected chi connectivity index (χ4v) is 4.04. The van der Waals surface area contributed by atoms with Gasteiger partial charge in [0.2, 0.25) is 5.91 Å². The lowest BCUT2D eigenvalue weighted by molar-refractivity contribution is -0.140. The van der Waals surface area contributed by atoms with E-state index >= 15 is 0 Å². The maximum Gasteiger partial charge on any atom is 0.237 e. The Kier molecular flexibility index (Phi) is 3.88. The van der Waals surface area contributed by atoms with E-state index in [1.165, 1.54) is 11.1 Å².